The lowest BCUT2D eigenvalue weighted by Gasteiger charge is -2.21. The van der Waals surface area contributed by atoms with Crippen molar-refractivity contribution in [1.82, 2.24) is 9.80 Å². The quantitative estimate of drug-likeness (QED) is 0.697. The molecule has 1 aliphatic rings. The van der Waals surface area contributed by atoms with E-state index in [2.05, 4.69) is 0 Å². The molecule has 13 heavy (non-hydrogen) atoms. The summed E-state index contributed by atoms with van der Waals surface area (Å²) in [5.41, 5.74) is 0.465. The van der Waals surface area contributed by atoms with Crippen molar-refractivity contribution < 1.29 is 9.90 Å². The number of nitrogens with zero attached hydrogens (tertiary/aromatic N) is 2. The molecule has 0 unspecified atom stereocenters. The SMILES string of the molecule is CCN(CC)C1=C(O)CN(C)C1=O. The number of carbonyl (C=O) groups is 1. The molecule has 1 aliphatic heterocycles. The van der Waals surface area contributed by atoms with Crippen LogP contribution in [0.15, 0.2) is 11.5 Å². The molecule has 0 bridgehead atoms. The Morgan fingerprint density at radius 3 is 2.31 bits per heavy atom. The number of rotatable bonds is 3. The first kappa shape index (κ1) is 9.89. The normalized spacial score (nSPS) is 17.2. The lowest BCUT2D eigenvalue weighted by molar-refractivity contribution is -0.125. The number of aliphatic hydroxyl groups is 1. The summed E-state index contributed by atoms with van der Waals surface area (Å²) < 4.78 is 0. The average molecular weight is 184 g/mol. The minimum absolute atomic E-state index is 0.0822. The van der Waals surface area contributed by atoms with Crippen LogP contribution < -0.4 is 0 Å². The van der Waals surface area contributed by atoms with E-state index in [1.54, 1.807) is 7.05 Å². The summed E-state index contributed by atoms with van der Waals surface area (Å²) >= 11 is 0. The maximum Gasteiger partial charge on any atom is 0.273 e. The summed E-state index contributed by atoms with van der Waals surface area (Å²) in [5.74, 6) is 0.109. The van der Waals surface area contributed by atoms with Crippen molar-refractivity contribution in [2.45, 2.75) is 13.8 Å². The molecule has 74 valence electrons. The summed E-state index contributed by atoms with van der Waals surface area (Å²) in [6.45, 7) is 5.76. The Morgan fingerprint density at radius 1 is 1.46 bits per heavy atom. The largest absolute Gasteiger partial charge is 0.508 e. The fraction of sp³-hybridized carbons (Fsp3) is 0.667. The van der Waals surface area contributed by atoms with Gasteiger partial charge in [-0.1, -0.05) is 0 Å². The zero-order valence-corrected chi connectivity index (χ0v) is 8.37. The molecule has 0 saturated carbocycles. The van der Waals surface area contributed by atoms with Gasteiger partial charge in [-0.25, -0.2) is 0 Å². The van der Waals surface area contributed by atoms with Crippen LogP contribution >= 0.6 is 0 Å². The highest BCUT2D eigenvalue weighted by Gasteiger charge is 2.30. The molecule has 0 aromatic rings. The third-order valence-electron chi connectivity index (χ3n) is 2.29. The van der Waals surface area contributed by atoms with Crippen LogP contribution in [0.4, 0.5) is 0 Å². The van der Waals surface area contributed by atoms with Crippen molar-refractivity contribution in [2.75, 3.05) is 26.7 Å². The average Bonchev–Trinajstić information content (AvgIpc) is 2.34. The van der Waals surface area contributed by atoms with Gasteiger partial charge in [-0.05, 0) is 13.8 Å². The highest BCUT2D eigenvalue weighted by atomic mass is 16.3. The smallest absolute Gasteiger partial charge is 0.273 e. The predicted octanol–water partition coefficient (Wildman–Crippen LogP) is 0.570. The number of amides is 1. The molecule has 0 fully saturated rings. The molecule has 0 saturated heterocycles. The van der Waals surface area contributed by atoms with Gasteiger partial charge in [0.05, 0.1) is 6.54 Å². The second-order valence-corrected chi connectivity index (χ2v) is 3.13. The Kier molecular flexibility index (Phi) is 2.80. The Bertz CT molecular complexity index is 244. The number of likely N-dealkylation sites (N-methyl/N-ethyl adjacent to an activating group) is 2. The van der Waals surface area contributed by atoms with Gasteiger partial charge in [0.25, 0.3) is 5.91 Å². The van der Waals surface area contributed by atoms with Crippen molar-refractivity contribution >= 4 is 5.91 Å². The Balaban J connectivity index is 2.89. The second-order valence-electron chi connectivity index (χ2n) is 3.13. The Hall–Kier alpha value is -1.19. The van der Waals surface area contributed by atoms with Gasteiger partial charge in [-0.3, -0.25) is 4.79 Å². The molecule has 0 spiro atoms. The number of hydrogen-bond donors (Lipinski definition) is 1. The number of hydrogen-bond acceptors (Lipinski definition) is 3. The van der Waals surface area contributed by atoms with Crippen LogP contribution in [0.3, 0.4) is 0 Å². The summed E-state index contributed by atoms with van der Waals surface area (Å²) in [6, 6.07) is 0. The maximum atomic E-state index is 11.5. The van der Waals surface area contributed by atoms with E-state index < -0.39 is 0 Å². The van der Waals surface area contributed by atoms with Crippen molar-refractivity contribution in [3.8, 4) is 0 Å². The molecule has 4 heteroatoms. The van der Waals surface area contributed by atoms with Crippen LogP contribution in [-0.4, -0.2) is 47.5 Å². The van der Waals surface area contributed by atoms with E-state index in [9.17, 15) is 9.90 Å². The molecule has 1 amide bonds. The summed E-state index contributed by atoms with van der Waals surface area (Å²) in [5, 5.41) is 9.54. The monoisotopic (exact) mass is 184 g/mol. The number of aliphatic hydroxyl groups excluding tert-OH is 1. The van der Waals surface area contributed by atoms with Crippen molar-refractivity contribution in [3.05, 3.63) is 11.5 Å². The van der Waals surface area contributed by atoms with Gasteiger partial charge in [0.1, 0.15) is 11.5 Å². The summed E-state index contributed by atoms with van der Waals surface area (Å²) in [6.07, 6.45) is 0. The second kappa shape index (κ2) is 3.68. The summed E-state index contributed by atoms with van der Waals surface area (Å²) in [7, 11) is 1.69. The van der Waals surface area contributed by atoms with Crippen LogP contribution in [0, 0.1) is 0 Å². The molecule has 0 aromatic heterocycles. The first-order valence-corrected chi connectivity index (χ1v) is 4.54. The van der Waals surface area contributed by atoms with Gasteiger partial charge in [-0.15, -0.1) is 0 Å². The fourth-order valence-corrected chi connectivity index (χ4v) is 1.53. The highest BCUT2D eigenvalue weighted by Crippen LogP contribution is 2.18. The maximum absolute atomic E-state index is 11.5. The first-order chi connectivity index (χ1) is 6.11. The molecule has 0 aliphatic carbocycles. The topological polar surface area (TPSA) is 43.8 Å². The van der Waals surface area contributed by atoms with Crippen molar-refractivity contribution in [3.63, 3.8) is 0 Å². The Labute approximate surface area is 78.4 Å². The van der Waals surface area contributed by atoms with Crippen molar-refractivity contribution in [1.29, 1.82) is 0 Å². The zero-order chi connectivity index (χ0) is 10.0. The molecule has 1 rings (SSSR count). The lowest BCUT2D eigenvalue weighted by atomic mass is 10.3. The van der Waals surface area contributed by atoms with E-state index in [1.807, 2.05) is 18.7 Å². The molecule has 0 radical (unpaired) electrons. The van der Waals surface area contributed by atoms with Gasteiger partial charge in [0, 0.05) is 20.1 Å². The van der Waals surface area contributed by atoms with Gasteiger partial charge in [0.15, 0.2) is 0 Å². The minimum Gasteiger partial charge on any atom is -0.508 e. The van der Waals surface area contributed by atoms with Gasteiger partial charge >= 0.3 is 0 Å². The van der Waals surface area contributed by atoms with Crippen LogP contribution in [0.1, 0.15) is 13.8 Å². The fourth-order valence-electron chi connectivity index (χ4n) is 1.53. The molecule has 4 nitrogen and oxygen atoms in total. The molecule has 0 atom stereocenters. The molecule has 1 N–H and O–H groups in total. The standard InChI is InChI=1S/C9H16N2O2/c1-4-11(5-2)8-7(12)6-10(3)9(8)13/h12H,4-6H2,1-3H3. The predicted molar refractivity (Wildman–Crippen MR) is 50.2 cm³/mol. The minimum atomic E-state index is -0.0822. The van der Waals surface area contributed by atoms with E-state index in [0.717, 1.165) is 13.1 Å². The van der Waals surface area contributed by atoms with Crippen LogP contribution in [0.2, 0.25) is 0 Å². The van der Waals surface area contributed by atoms with Crippen LogP contribution in [0.25, 0.3) is 0 Å². The Morgan fingerprint density at radius 2 is 2.00 bits per heavy atom. The van der Waals surface area contributed by atoms with Gasteiger partial charge in [0.2, 0.25) is 0 Å². The highest BCUT2D eigenvalue weighted by molar-refractivity contribution is 5.95. The molecular weight excluding hydrogens is 168 g/mol. The van der Waals surface area contributed by atoms with Crippen LogP contribution in [0.5, 0.6) is 0 Å². The molecule has 1 heterocycles. The van der Waals surface area contributed by atoms with E-state index in [-0.39, 0.29) is 11.7 Å². The number of carbonyl (C=O) groups excluding carboxylic acids is 1. The van der Waals surface area contributed by atoms with E-state index in [4.69, 9.17) is 0 Å². The van der Waals surface area contributed by atoms with Crippen LogP contribution in [-0.2, 0) is 4.79 Å². The van der Waals surface area contributed by atoms with Gasteiger partial charge in [-0.2, -0.15) is 0 Å². The van der Waals surface area contributed by atoms with Gasteiger partial charge < -0.3 is 14.9 Å². The zero-order valence-electron chi connectivity index (χ0n) is 8.37. The van der Waals surface area contributed by atoms with E-state index >= 15 is 0 Å². The van der Waals surface area contributed by atoms with E-state index in [0.29, 0.717) is 12.2 Å². The lowest BCUT2D eigenvalue weighted by Crippen LogP contribution is -2.31. The van der Waals surface area contributed by atoms with Crippen molar-refractivity contribution in [2.24, 2.45) is 0 Å². The third-order valence-corrected chi connectivity index (χ3v) is 2.29. The molecular formula is C9H16N2O2. The first-order valence-electron chi connectivity index (χ1n) is 4.54. The third kappa shape index (κ3) is 1.61. The summed E-state index contributed by atoms with van der Waals surface area (Å²) in [4.78, 5) is 14.9. The van der Waals surface area contributed by atoms with E-state index in [1.165, 1.54) is 4.90 Å². The molecule has 0 aromatic carbocycles.